The van der Waals surface area contributed by atoms with E-state index in [4.69, 9.17) is 10.5 Å². The van der Waals surface area contributed by atoms with E-state index in [2.05, 4.69) is 25.9 Å². The van der Waals surface area contributed by atoms with Crippen LogP contribution >= 0.6 is 15.9 Å². The highest BCUT2D eigenvalue weighted by molar-refractivity contribution is 9.10. The van der Waals surface area contributed by atoms with Gasteiger partial charge in [-0.2, -0.15) is 4.98 Å². The number of halogens is 1. The Bertz CT molecular complexity index is 374. The fourth-order valence-corrected chi connectivity index (χ4v) is 1.96. The molecule has 1 aromatic rings. The molecule has 0 unspecified atom stereocenters. The Morgan fingerprint density at radius 3 is 2.80 bits per heavy atom. The second-order valence-corrected chi connectivity index (χ2v) is 4.89. The van der Waals surface area contributed by atoms with Crippen molar-refractivity contribution in [3.05, 3.63) is 10.7 Å². The molecule has 15 heavy (non-hydrogen) atoms. The van der Waals surface area contributed by atoms with Gasteiger partial charge in [0, 0.05) is 18.6 Å². The maximum absolute atomic E-state index is 5.91. The van der Waals surface area contributed by atoms with Crippen molar-refractivity contribution >= 4 is 21.9 Å². The van der Waals surface area contributed by atoms with Gasteiger partial charge in [-0.05, 0) is 22.9 Å². The summed E-state index contributed by atoms with van der Waals surface area (Å²) >= 11 is 3.31. The number of hydrogen-bond acceptors (Lipinski definition) is 5. The van der Waals surface area contributed by atoms with Crippen LogP contribution in [0, 0.1) is 0 Å². The third-order valence-corrected chi connectivity index (χ3v) is 2.82. The molecular weight excluding hydrogens is 260 g/mol. The highest BCUT2D eigenvalue weighted by atomic mass is 79.9. The second kappa shape index (κ2) is 3.61. The van der Waals surface area contributed by atoms with E-state index >= 15 is 0 Å². The number of rotatable bonds is 2. The lowest BCUT2D eigenvalue weighted by Crippen LogP contribution is -2.66. The van der Waals surface area contributed by atoms with Crippen molar-refractivity contribution in [2.24, 2.45) is 5.73 Å². The molecule has 0 bridgehead atoms. The molecule has 0 aliphatic carbocycles. The summed E-state index contributed by atoms with van der Waals surface area (Å²) in [5, 5.41) is 0. The van der Waals surface area contributed by atoms with Crippen LogP contribution in [0.5, 0.6) is 5.88 Å². The van der Waals surface area contributed by atoms with Crippen molar-refractivity contribution in [2.45, 2.75) is 12.5 Å². The number of nitrogens with two attached hydrogens (primary N) is 1. The summed E-state index contributed by atoms with van der Waals surface area (Å²) in [6, 6.07) is 0. The zero-order valence-corrected chi connectivity index (χ0v) is 10.3. The van der Waals surface area contributed by atoms with Crippen LogP contribution < -0.4 is 15.4 Å². The topological polar surface area (TPSA) is 64.3 Å². The highest BCUT2D eigenvalue weighted by Crippen LogP contribution is 2.27. The molecule has 2 rings (SSSR count). The zero-order valence-electron chi connectivity index (χ0n) is 8.70. The standard InChI is InChI=1S/C9H13BrN4O/c1-9(11)4-14(5-9)8-12-3-6(10)7(13-8)15-2/h3H,4-5,11H2,1-2H3. The maximum atomic E-state index is 5.91. The molecule has 0 spiro atoms. The summed E-state index contributed by atoms with van der Waals surface area (Å²) in [6.45, 7) is 3.56. The van der Waals surface area contributed by atoms with Gasteiger partial charge in [0.05, 0.1) is 17.8 Å². The van der Waals surface area contributed by atoms with Gasteiger partial charge in [0.15, 0.2) is 0 Å². The minimum atomic E-state index is -0.121. The number of anilines is 1. The Morgan fingerprint density at radius 2 is 2.27 bits per heavy atom. The first kappa shape index (κ1) is 10.6. The molecule has 0 amide bonds. The summed E-state index contributed by atoms with van der Waals surface area (Å²) in [7, 11) is 1.58. The van der Waals surface area contributed by atoms with Crippen molar-refractivity contribution in [2.75, 3.05) is 25.1 Å². The zero-order chi connectivity index (χ0) is 11.1. The molecule has 1 aromatic heterocycles. The number of nitrogens with zero attached hydrogens (tertiary/aromatic N) is 3. The van der Waals surface area contributed by atoms with Crippen LogP contribution in [0.1, 0.15) is 6.92 Å². The maximum Gasteiger partial charge on any atom is 0.232 e. The number of ether oxygens (including phenoxy) is 1. The van der Waals surface area contributed by atoms with E-state index in [0.717, 1.165) is 17.6 Å². The average Bonchev–Trinajstić information content (AvgIpc) is 2.15. The highest BCUT2D eigenvalue weighted by Gasteiger charge is 2.36. The van der Waals surface area contributed by atoms with Gasteiger partial charge in [-0.25, -0.2) is 4.98 Å². The minimum absolute atomic E-state index is 0.121. The van der Waals surface area contributed by atoms with Crippen molar-refractivity contribution in [1.82, 2.24) is 9.97 Å². The number of methoxy groups -OCH3 is 1. The van der Waals surface area contributed by atoms with E-state index in [9.17, 15) is 0 Å². The predicted octanol–water partition coefficient (Wildman–Crippen LogP) is 0.785. The first-order valence-corrected chi connectivity index (χ1v) is 5.41. The second-order valence-electron chi connectivity index (χ2n) is 4.04. The van der Waals surface area contributed by atoms with Crippen molar-refractivity contribution in [3.63, 3.8) is 0 Å². The van der Waals surface area contributed by atoms with Gasteiger partial charge in [-0.1, -0.05) is 0 Å². The lowest BCUT2D eigenvalue weighted by molar-refractivity contribution is 0.354. The summed E-state index contributed by atoms with van der Waals surface area (Å²) < 4.78 is 5.85. The first-order valence-electron chi connectivity index (χ1n) is 4.62. The lowest BCUT2D eigenvalue weighted by atomic mass is 9.94. The smallest absolute Gasteiger partial charge is 0.232 e. The largest absolute Gasteiger partial charge is 0.480 e. The SMILES string of the molecule is COc1nc(N2CC(C)(N)C2)ncc1Br. The normalized spacial score (nSPS) is 18.5. The molecule has 1 aliphatic rings. The van der Waals surface area contributed by atoms with Crippen LogP contribution in [-0.2, 0) is 0 Å². The molecule has 0 aromatic carbocycles. The molecule has 5 nitrogen and oxygen atoms in total. The van der Waals surface area contributed by atoms with Gasteiger partial charge >= 0.3 is 0 Å². The Labute approximate surface area is 96.8 Å². The molecule has 6 heteroatoms. The quantitative estimate of drug-likeness (QED) is 0.862. The summed E-state index contributed by atoms with van der Waals surface area (Å²) in [5.41, 5.74) is 5.79. The molecule has 1 aliphatic heterocycles. The molecule has 2 N–H and O–H groups in total. The van der Waals surface area contributed by atoms with Gasteiger partial charge in [0.25, 0.3) is 0 Å². The fraction of sp³-hybridized carbons (Fsp3) is 0.556. The van der Waals surface area contributed by atoms with Crippen LogP contribution in [-0.4, -0.2) is 35.7 Å². The van der Waals surface area contributed by atoms with Gasteiger partial charge < -0.3 is 15.4 Å². The third-order valence-electron chi connectivity index (χ3n) is 2.28. The summed E-state index contributed by atoms with van der Waals surface area (Å²) in [6.07, 6.45) is 1.69. The average molecular weight is 273 g/mol. The van der Waals surface area contributed by atoms with Gasteiger partial charge in [-0.3, -0.25) is 0 Å². The number of hydrogen-bond donors (Lipinski definition) is 1. The van der Waals surface area contributed by atoms with Crippen LogP contribution in [0.25, 0.3) is 0 Å². The van der Waals surface area contributed by atoms with Gasteiger partial charge in [0.1, 0.15) is 0 Å². The van der Waals surface area contributed by atoms with E-state index in [-0.39, 0.29) is 5.54 Å². The van der Waals surface area contributed by atoms with Gasteiger partial charge in [0.2, 0.25) is 11.8 Å². The van der Waals surface area contributed by atoms with Crippen LogP contribution in [0.4, 0.5) is 5.95 Å². The van der Waals surface area contributed by atoms with Crippen molar-refractivity contribution < 1.29 is 4.74 Å². The predicted molar refractivity (Wildman–Crippen MR) is 61.1 cm³/mol. The summed E-state index contributed by atoms with van der Waals surface area (Å²) in [5.74, 6) is 1.21. The molecule has 1 fully saturated rings. The fourth-order valence-electron chi connectivity index (χ4n) is 1.61. The monoisotopic (exact) mass is 272 g/mol. The number of aromatic nitrogens is 2. The Hall–Kier alpha value is -0.880. The van der Waals surface area contributed by atoms with Crippen molar-refractivity contribution in [3.8, 4) is 5.88 Å². The third kappa shape index (κ3) is 2.05. The van der Waals surface area contributed by atoms with E-state index in [1.165, 1.54) is 0 Å². The van der Waals surface area contributed by atoms with Crippen LogP contribution in [0.15, 0.2) is 10.7 Å². The Morgan fingerprint density at radius 1 is 1.60 bits per heavy atom. The molecule has 1 saturated heterocycles. The Balaban J connectivity index is 2.17. The van der Waals surface area contributed by atoms with Gasteiger partial charge in [-0.15, -0.1) is 0 Å². The molecule has 0 radical (unpaired) electrons. The molecule has 0 saturated carbocycles. The van der Waals surface area contributed by atoms with E-state index in [1.54, 1.807) is 13.3 Å². The Kier molecular flexibility index (Phi) is 2.56. The lowest BCUT2D eigenvalue weighted by Gasteiger charge is -2.45. The van der Waals surface area contributed by atoms with Crippen LogP contribution in [0.2, 0.25) is 0 Å². The minimum Gasteiger partial charge on any atom is -0.480 e. The van der Waals surface area contributed by atoms with Crippen LogP contribution in [0.3, 0.4) is 0 Å². The van der Waals surface area contributed by atoms with E-state index in [1.807, 2.05) is 11.8 Å². The molecule has 82 valence electrons. The molecular formula is C9H13BrN4O. The molecule has 2 heterocycles. The van der Waals surface area contributed by atoms with Crippen molar-refractivity contribution in [1.29, 1.82) is 0 Å². The van der Waals surface area contributed by atoms with E-state index in [0.29, 0.717) is 11.8 Å². The summed E-state index contributed by atoms with van der Waals surface area (Å²) in [4.78, 5) is 10.5. The molecule has 0 atom stereocenters. The van der Waals surface area contributed by atoms with E-state index < -0.39 is 0 Å². The first-order chi connectivity index (χ1) is 7.02.